The summed E-state index contributed by atoms with van der Waals surface area (Å²) in [5.41, 5.74) is -1.93. The molecule has 1 saturated heterocycles. The summed E-state index contributed by atoms with van der Waals surface area (Å²) in [4.78, 5) is 53.5. The minimum Gasteiger partial charge on any atom is -0.463 e. The Bertz CT molecular complexity index is 1530. The Morgan fingerprint density at radius 3 is 2.43 bits per heavy atom. The van der Waals surface area contributed by atoms with Crippen molar-refractivity contribution in [2.24, 2.45) is 0 Å². The Kier molecular flexibility index (Phi) is 9.59. The van der Waals surface area contributed by atoms with E-state index in [2.05, 4.69) is 20.3 Å². The molecule has 1 aliphatic heterocycles. The number of halogens is 4. The van der Waals surface area contributed by atoms with E-state index in [1.54, 1.807) is 0 Å². The van der Waals surface area contributed by atoms with Crippen molar-refractivity contribution in [2.45, 2.75) is 61.6 Å². The van der Waals surface area contributed by atoms with E-state index in [4.69, 9.17) is 30.5 Å². The van der Waals surface area contributed by atoms with Crippen molar-refractivity contribution in [3.63, 3.8) is 0 Å². The summed E-state index contributed by atoms with van der Waals surface area (Å²) in [5.74, 6) is -2.20. The van der Waals surface area contributed by atoms with Gasteiger partial charge in [0, 0.05) is 37.2 Å². The number of esters is 3. The van der Waals surface area contributed by atoms with Gasteiger partial charge in [-0.1, -0.05) is 39.9 Å². The van der Waals surface area contributed by atoms with Crippen molar-refractivity contribution in [1.29, 1.82) is 0 Å². The van der Waals surface area contributed by atoms with Crippen LogP contribution in [-0.2, 0) is 39.5 Å². The van der Waals surface area contributed by atoms with Gasteiger partial charge in [-0.05, 0) is 6.07 Å². The molecule has 0 unspecified atom stereocenters. The van der Waals surface area contributed by atoms with Crippen LogP contribution in [-0.4, -0.2) is 73.2 Å². The number of hydrogen-bond acceptors (Lipinski definition) is 13. The predicted molar refractivity (Wildman–Crippen MR) is 140 cm³/mol. The number of thioether (sulfide) groups is 1. The quantitative estimate of drug-likeness (QED) is 0.280. The number of rotatable bonds is 8. The average molecular weight is 652 g/mol. The van der Waals surface area contributed by atoms with Gasteiger partial charge in [0.15, 0.2) is 17.9 Å². The molecule has 4 heterocycles. The molecule has 0 aliphatic carbocycles. The third-order valence-corrected chi connectivity index (χ3v) is 7.69. The van der Waals surface area contributed by atoms with Crippen LogP contribution >= 0.6 is 34.7 Å². The molecule has 3 aromatic heterocycles. The van der Waals surface area contributed by atoms with Gasteiger partial charge in [-0.3, -0.25) is 19.2 Å². The van der Waals surface area contributed by atoms with Gasteiger partial charge in [0.05, 0.1) is 16.9 Å². The Hall–Kier alpha value is -3.48. The number of alkyl halides is 3. The Labute approximate surface area is 247 Å². The van der Waals surface area contributed by atoms with E-state index < -0.39 is 71.2 Å². The molecule has 13 nitrogen and oxygen atoms in total. The molecule has 226 valence electrons. The summed E-state index contributed by atoms with van der Waals surface area (Å²) < 4.78 is 63.2. The van der Waals surface area contributed by atoms with E-state index in [-0.39, 0.29) is 15.5 Å². The van der Waals surface area contributed by atoms with Gasteiger partial charge in [-0.25, -0.2) is 9.67 Å². The molecule has 1 aliphatic rings. The second kappa shape index (κ2) is 12.8. The summed E-state index contributed by atoms with van der Waals surface area (Å²) >= 11 is 7.55. The van der Waals surface area contributed by atoms with Crippen molar-refractivity contribution < 1.29 is 46.5 Å². The maximum Gasteiger partial charge on any atom is 0.434 e. The fourth-order valence-electron chi connectivity index (χ4n) is 4.06. The fourth-order valence-corrected chi connectivity index (χ4v) is 6.09. The second-order valence-corrected chi connectivity index (χ2v) is 11.2. The van der Waals surface area contributed by atoms with E-state index in [1.165, 1.54) is 16.3 Å². The minimum absolute atomic E-state index is 0.112. The van der Waals surface area contributed by atoms with Crippen molar-refractivity contribution >= 4 is 52.6 Å². The highest BCUT2D eigenvalue weighted by Crippen LogP contribution is 2.42. The molecular formula is C23H21ClF3N5O8S2. The summed E-state index contributed by atoms with van der Waals surface area (Å²) in [5, 5.41) is 8.99. The molecule has 19 heteroatoms. The largest absolute Gasteiger partial charge is 0.463 e. The van der Waals surface area contributed by atoms with Crippen LogP contribution in [0.25, 0.3) is 11.4 Å². The first kappa shape index (κ1) is 31.5. The molecule has 0 spiro atoms. The Balaban J connectivity index is 1.79. The Morgan fingerprint density at radius 2 is 1.86 bits per heavy atom. The van der Waals surface area contributed by atoms with Gasteiger partial charge in [-0.15, -0.1) is 5.10 Å². The van der Waals surface area contributed by atoms with E-state index in [0.717, 1.165) is 56.1 Å². The number of H-pyrrole nitrogens is 1. The second-order valence-electron chi connectivity index (χ2n) is 8.75. The van der Waals surface area contributed by atoms with E-state index in [1.807, 2.05) is 0 Å². The average Bonchev–Trinajstić information content (AvgIpc) is 3.52. The molecule has 0 bridgehead atoms. The van der Waals surface area contributed by atoms with E-state index in [0.29, 0.717) is 5.69 Å². The molecule has 0 aromatic carbocycles. The zero-order valence-corrected chi connectivity index (χ0v) is 24.2. The van der Waals surface area contributed by atoms with Gasteiger partial charge in [0.25, 0.3) is 0 Å². The molecule has 0 amide bonds. The maximum atomic E-state index is 13.2. The highest BCUT2D eigenvalue weighted by atomic mass is 35.5. The smallest absolute Gasteiger partial charge is 0.434 e. The fraction of sp³-hybridized carbons (Fsp3) is 0.435. The SMILES string of the molecule is CC(=O)OC[C@H]1O[C@H](Sc2cnc(C(F)(F)F)c(Cl)c2)[C@H](OC(C)=O)[C@@H](n2cc(-c3csc(=O)[nH]3)nn2)[C@H]1OC(C)=O. The number of carbonyl (C=O) groups excluding carboxylic acids is 3. The minimum atomic E-state index is -4.79. The Morgan fingerprint density at radius 1 is 1.17 bits per heavy atom. The number of carbonyl (C=O) groups is 3. The number of aromatic amines is 1. The van der Waals surface area contributed by atoms with Gasteiger partial charge in [0.2, 0.25) is 0 Å². The van der Waals surface area contributed by atoms with Crippen LogP contribution < -0.4 is 4.87 Å². The molecule has 0 radical (unpaired) electrons. The summed E-state index contributed by atoms with van der Waals surface area (Å²) in [6.45, 7) is 2.97. The third kappa shape index (κ3) is 7.47. The van der Waals surface area contributed by atoms with Gasteiger partial charge >= 0.3 is 29.0 Å². The van der Waals surface area contributed by atoms with E-state index >= 15 is 0 Å². The predicted octanol–water partition coefficient (Wildman–Crippen LogP) is 3.25. The van der Waals surface area contributed by atoms with Crippen LogP contribution in [0, 0.1) is 0 Å². The molecular weight excluding hydrogens is 631 g/mol. The number of aromatic nitrogens is 5. The van der Waals surface area contributed by atoms with Crippen LogP contribution in [0.3, 0.4) is 0 Å². The monoisotopic (exact) mass is 651 g/mol. The number of pyridine rings is 1. The van der Waals surface area contributed by atoms with Crippen LogP contribution in [0.4, 0.5) is 13.2 Å². The molecule has 5 atom stereocenters. The van der Waals surface area contributed by atoms with Crippen LogP contribution in [0.2, 0.25) is 5.02 Å². The molecule has 1 fully saturated rings. The lowest BCUT2D eigenvalue weighted by Crippen LogP contribution is -2.57. The van der Waals surface area contributed by atoms with Crippen LogP contribution in [0.1, 0.15) is 32.5 Å². The topological polar surface area (TPSA) is 165 Å². The lowest BCUT2D eigenvalue weighted by molar-refractivity contribution is -0.212. The highest BCUT2D eigenvalue weighted by Gasteiger charge is 2.52. The number of ether oxygens (including phenoxy) is 4. The lowest BCUT2D eigenvalue weighted by atomic mass is 9.96. The van der Waals surface area contributed by atoms with Crippen molar-refractivity contribution in [2.75, 3.05) is 6.61 Å². The first-order valence-electron chi connectivity index (χ1n) is 11.9. The molecule has 42 heavy (non-hydrogen) atoms. The number of nitrogens with one attached hydrogen (secondary N) is 1. The normalized spacial score (nSPS) is 22.4. The third-order valence-electron chi connectivity index (χ3n) is 5.62. The number of thiazole rings is 1. The first-order valence-corrected chi connectivity index (χ1v) is 14.0. The van der Waals surface area contributed by atoms with Crippen molar-refractivity contribution in [1.82, 2.24) is 25.0 Å². The zero-order chi connectivity index (χ0) is 30.8. The summed E-state index contributed by atoms with van der Waals surface area (Å²) in [6, 6.07) is -0.139. The standard InChI is InChI=1S/C23H21ClF3N5O8S2/c1-9(33)37-7-16-18(38-10(2)34)17(32-6-14(30-31-32)15-8-41-22(36)29-15)19(39-11(3)35)21(40-16)42-12-4-13(24)20(28-5-12)23(25,26)27/h4-6,8,16-19,21H,7H2,1-3H3,(H,29,36)/t16-,17+,18+,19-,21-/m1/s1. The molecule has 0 saturated carbocycles. The van der Waals surface area contributed by atoms with Gasteiger partial charge in [0.1, 0.15) is 29.9 Å². The maximum absolute atomic E-state index is 13.2. The van der Waals surface area contributed by atoms with Crippen molar-refractivity contribution in [3.05, 3.63) is 44.2 Å². The molecule has 3 aromatic rings. The highest BCUT2D eigenvalue weighted by molar-refractivity contribution is 7.99. The zero-order valence-electron chi connectivity index (χ0n) is 21.8. The number of hydrogen-bond donors (Lipinski definition) is 1. The first-order chi connectivity index (χ1) is 19.7. The van der Waals surface area contributed by atoms with E-state index in [9.17, 15) is 32.3 Å². The van der Waals surface area contributed by atoms with Crippen LogP contribution in [0.15, 0.2) is 33.5 Å². The van der Waals surface area contributed by atoms with Crippen molar-refractivity contribution in [3.8, 4) is 11.4 Å². The van der Waals surface area contributed by atoms with Gasteiger partial charge < -0.3 is 23.9 Å². The summed E-state index contributed by atoms with van der Waals surface area (Å²) in [7, 11) is 0. The van der Waals surface area contributed by atoms with Gasteiger partial charge in [-0.2, -0.15) is 13.2 Å². The summed E-state index contributed by atoms with van der Waals surface area (Å²) in [6.07, 6.45) is -6.21. The molecule has 4 rings (SSSR count). The number of nitrogens with zero attached hydrogens (tertiary/aromatic N) is 4. The van der Waals surface area contributed by atoms with Crippen LogP contribution in [0.5, 0.6) is 0 Å². The molecule has 1 N–H and O–H groups in total. The lowest BCUT2D eigenvalue weighted by Gasteiger charge is -2.44.